The Hall–Kier alpha value is -2.19. The Bertz CT molecular complexity index is 985. The van der Waals surface area contributed by atoms with Gasteiger partial charge in [0.25, 0.3) is 0 Å². The number of aryl methyl sites for hydroxylation is 1. The zero-order valence-electron chi connectivity index (χ0n) is 12.7. The van der Waals surface area contributed by atoms with Crippen LogP contribution in [0.25, 0.3) is 10.2 Å². The lowest BCUT2D eigenvalue weighted by atomic mass is 10.1. The first-order valence-corrected chi connectivity index (χ1v) is 8.21. The molecule has 0 aliphatic heterocycles. The van der Waals surface area contributed by atoms with E-state index in [4.69, 9.17) is 11.6 Å². The van der Waals surface area contributed by atoms with Crippen LogP contribution < -0.4 is 0 Å². The molecule has 0 saturated carbocycles. The first-order valence-electron chi connectivity index (χ1n) is 7.01. The molecular formula is C16H10ClF3N2O2S. The third kappa shape index (κ3) is 3.45. The molecule has 4 nitrogen and oxygen atoms in total. The number of hydrogen-bond acceptors (Lipinski definition) is 4. The molecule has 0 spiro atoms. The molecule has 0 aliphatic rings. The van der Waals surface area contributed by atoms with E-state index < -0.39 is 17.7 Å². The van der Waals surface area contributed by atoms with Crippen LogP contribution in [-0.2, 0) is 12.6 Å². The maximum absolute atomic E-state index is 12.8. The van der Waals surface area contributed by atoms with Gasteiger partial charge >= 0.3 is 12.1 Å². The Balaban J connectivity index is 2.02. The zero-order valence-corrected chi connectivity index (χ0v) is 14.3. The molecule has 25 heavy (non-hydrogen) atoms. The molecule has 1 aromatic carbocycles. The number of alkyl halides is 3. The van der Waals surface area contributed by atoms with Gasteiger partial charge in [-0.15, -0.1) is 11.3 Å². The van der Waals surface area contributed by atoms with E-state index in [1.54, 1.807) is 13.0 Å². The fraction of sp³-hybridized carbons (Fsp3) is 0.188. The minimum Gasteiger partial charge on any atom is -0.477 e. The summed E-state index contributed by atoms with van der Waals surface area (Å²) < 4.78 is 38.4. The van der Waals surface area contributed by atoms with Crippen LogP contribution in [0.2, 0.25) is 5.15 Å². The second-order valence-electron chi connectivity index (χ2n) is 5.35. The topological polar surface area (TPSA) is 63.1 Å². The number of carboxylic acid groups (broad SMARTS) is 1. The van der Waals surface area contributed by atoms with Gasteiger partial charge in [0, 0.05) is 6.42 Å². The standard InChI is InChI=1S/C16H10ClF3N2O2S/c1-7-11-13(17)21-10(22-14(11)25-12(7)15(23)24)6-8-3-2-4-9(5-8)16(18,19)20/h2-5H,6H2,1H3,(H,23,24). The van der Waals surface area contributed by atoms with Gasteiger partial charge < -0.3 is 5.11 Å². The van der Waals surface area contributed by atoms with Gasteiger partial charge in [-0.1, -0.05) is 29.8 Å². The Morgan fingerprint density at radius 3 is 2.68 bits per heavy atom. The lowest BCUT2D eigenvalue weighted by Crippen LogP contribution is -2.06. The minimum atomic E-state index is -4.43. The quantitative estimate of drug-likeness (QED) is 0.646. The molecule has 1 N–H and O–H groups in total. The number of carbonyl (C=O) groups is 1. The predicted molar refractivity (Wildman–Crippen MR) is 88.4 cm³/mol. The van der Waals surface area contributed by atoms with Crippen molar-refractivity contribution in [3.63, 3.8) is 0 Å². The van der Waals surface area contributed by atoms with Gasteiger partial charge in [-0.25, -0.2) is 14.8 Å². The Labute approximate surface area is 148 Å². The third-order valence-electron chi connectivity index (χ3n) is 3.60. The average molecular weight is 387 g/mol. The van der Waals surface area contributed by atoms with Crippen molar-refractivity contribution in [3.05, 3.63) is 56.8 Å². The van der Waals surface area contributed by atoms with Crippen molar-refractivity contribution < 1.29 is 23.1 Å². The Morgan fingerprint density at radius 2 is 2.04 bits per heavy atom. The number of fused-ring (bicyclic) bond motifs is 1. The zero-order chi connectivity index (χ0) is 18.4. The fourth-order valence-electron chi connectivity index (χ4n) is 2.45. The molecule has 0 aliphatic carbocycles. The maximum atomic E-state index is 12.8. The van der Waals surface area contributed by atoms with E-state index in [9.17, 15) is 23.1 Å². The summed E-state index contributed by atoms with van der Waals surface area (Å²) in [6.45, 7) is 1.62. The van der Waals surface area contributed by atoms with Crippen LogP contribution in [0.1, 0.15) is 32.2 Å². The predicted octanol–water partition coefficient (Wildman–Crippen LogP) is 4.96. The Kier molecular flexibility index (Phi) is 4.42. The van der Waals surface area contributed by atoms with Crippen molar-refractivity contribution in [1.82, 2.24) is 9.97 Å². The summed E-state index contributed by atoms with van der Waals surface area (Å²) in [7, 11) is 0. The van der Waals surface area contributed by atoms with Gasteiger partial charge in [0.1, 0.15) is 20.7 Å². The highest BCUT2D eigenvalue weighted by atomic mass is 35.5. The highest BCUT2D eigenvalue weighted by Crippen LogP contribution is 2.34. The highest BCUT2D eigenvalue weighted by Gasteiger charge is 2.30. The number of thiophene rings is 1. The van der Waals surface area contributed by atoms with E-state index >= 15 is 0 Å². The maximum Gasteiger partial charge on any atom is 0.416 e. The SMILES string of the molecule is Cc1c(C(=O)O)sc2nc(Cc3cccc(C(F)(F)F)c3)nc(Cl)c12. The molecule has 0 amide bonds. The monoisotopic (exact) mass is 386 g/mol. The van der Waals surface area contributed by atoms with E-state index in [2.05, 4.69) is 9.97 Å². The first kappa shape index (κ1) is 17.6. The molecule has 0 atom stereocenters. The van der Waals surface area contributed by atoms with Gasteiger partial charge in [-0.2, -0.15) is 13.2 Å². The minimum absolute atomic E-state index is 0.0545. The van der Waals surface area contributed by atoms with Crippen LogP contribution in [0.4, 0.5) is 13.2 Å². The molecule has 0 bridgehead atoms. The molecule has 2 heterocycles. The second-order valence-corrected chi connectivity index (χ2v) is 6.70. The molecule has 2 aromatic heterocycles. The van der Waals surface area contributed by atoms with Gasteiger partial charge in [-0.05, 0) is 24.1 Å². The van der Waals surface area contributed by atoms with Gasteiger partial charge in [0.2, 0.25) is 0 Å². The van der Waals surface area contributed by atoms with Crippen molar-refractivity contribution in [2.45, 2.75) is 19.5 Å². The second kappa shape index (κ2) is 6.27. The number of carboxylic acids is 1. The van der Waals surface area contributed by atoms with Gasteiger partial charge in [0.15, 0.2) is 0 Å². The normalized spacial score (nSPS) is 11.9. The summed E-state index contributed by atoms with van der Waals surface area (Å²) in [6.07, 6.45) is -4.38. The third-order valence-corrected chi connectivity index (χ3v) is 5.05. The smallest absolute Gasteiger partial charge is 0.416 e. The summed E-state index contributed by atoms with van der Waals surface area (Å²) in [5.74, 6) is -0.856. The van der Waals surface area contributed by atoms with Gasteiger partial charge in [0.05, 0.1) is 10.9 Å². The van der Waals surface area contributed by atoms with Crippen molar-refractivity contribution in [3.8, 4) is 0 Å². The number of benzene rings is 1. The van der Waals surface area contributed by atoms with Crippen LogP contribution in [0, 0.1) is 6.92 Å². The Morgan fingerprint density at radius 1 is 1.32 bits per heavy atom. The number of halogens is 4. The van der Waals surface area contributed by atoms with Gasteiger partial charge in [-0.3, -0.25) is 0 Å². The molecular weight excluding hydrogens is 377 g/mol. The van der Waals surface area contributed by atoms with E-state index in [0.717, 1.165) is 23.5 Å². The molecule has 0 radical (unpaired) electrons. The van der Waals surface area contributed by atoms with Crippen LogP contribution in [0.3, 0.4) is 0 Å². The molecule has 3 rings (SSSR count). The van der Waals surface area contributed by atoms with Crippen molar-refractivity contribution in [2.24, 2.45) is 0 Å². The lowest BCUT2D eigenvalue weighted by Gasteiger charge is -2.08. The summed E-state index contributed by atoms with van der Waals surface area (Å²) >= 11 is 7.10. The van der Waals surface area contributed by atoms with Crippen molar-refractivity contribution in [1.29, 1.82) is 0 Å². The molecule has 9 heteroatoms. The molecule has 3 aromatic rings. The summed E-state index contributed by atoms with van der Waals surface area (Å²) in [4.78, 5) is 20.1. The number of nitrogens with zero attached hydrogens (tertiary/aromatic N) is 2. The van der Waals surface area contributed by atoms with E-state index in [1.165, 1.54) is 6.07 Å². The molecule has 0 saturated heterocycles. The summed E-state index contributed by atoms with van der Waals surface area (Å²) in [5, 5.41) is 9.73. The van der Waals surface area contributed by atoms with E-state index in [1.807, 2.05) is 0 Å². The lowest BCUT2D eigenvalue weighted by molar-refractivity contribution is -0.137. The number of aromatic nitrogens is 2. The number of hydrogen-bond donors (Lipinski definition) is 1. The highest BCUT2D eigenvalue weighted by molar-refractivity contribution is 7.20. The van der Waals surface area contributed by atoms with Crippen LogP contribution in [-0.4, -0.2) is 21.0 Å². The number of rotatable bonds is 3. The van der Waals surface area contributed by atoms with Crippen LogP contribution in [0.15, 0.2) is 24.3 Å². The fourth-order valence-corrected chi connectivity index (χ4v) is 3.88. The molecule has 0 fully saturated rings. The first-order chi connectivity index (χ1) is 11.7. The van der Waals surface area contributed by atoms with E-state index in [0.29, 0.717) is 21.3 Å². The molecule has 0 unspecified atom stereocenters. The average Bonchev–Trinajstić information content (AvgIpc) is 2.84. The van der Waals surface area contributed by atoms with Crippen LogP contribution >= 0.6 is 22.9 Å². The summed E-state index contributed by atoms with van der Waals surface area (Å²) in [5.41, 5.74) is 0.109. The van der Waals surface area contributed by atoms with Crippen molar-refractivity contribution >= 4 is 39.1 Å². The van der Waals surface area contributed by atoms with Crippen LogP contribution in [0.5, 0.6) is 0 Å². The largest absolute Gasteiger partial charge is 0.477 e. The van der Waals surface area contributed by atoms with Crippen molar-refractivity contribution in [2.75, 3.05) is 0 Å². The summed E-state index contributed by atoms with van der Waals surface area (Å²) in [6, 6.07) is 4.88. The van der Waals surface area contributed by atoms with E-state index in [-0.39, 0.29) is 22.3 Å². The number of aromatic carboxylic acids is 1. The molecule has 130 valence electrons.